The van der Waals surface area contributed by atoms with E-state index in [-0.39, 0.29) is 23.6 Å². The molecule has 3 aromatic rings. The lowest BCUT2D eigenvalue weighted by Crippen LogP contribution is -2.37. The monoisotopic (exact) mass is 498 g/mol. The average Bonchev–Trinajstić information content (AvgIpc) is 3.21. The molecule has 0 saturated carbocycles. The molecule has 0 unspecified atom stereocenters. The zero-order valence-electron chi connectivity index (χ0n) is 18.6. The van der Waals surface area contributed by atoms with Crippen LogP contribution >= 0.6 is 11.3 Å². The van der Waals surface area contributed by atoms with Gasteiger partial charge in [0.15, 0.2) is 17.5 Å². The number of benzene rings is 2. The number of nitrogens with one attached hydrogen (secondary N) is 2. The van der Waals surface area contributed by atoms with Crippen LogP contribution in [0.4, 0.5) is 24.7 Å². The van der Waals surface area contributed by atoms with Crippen molar-refractivity contribution in [1.82, 2.24) is 9.88 Å². The van der Waals surface area contributed by atoms with Gasteiger partial charge in [-0.15, -0.1) is 11.3 Å². The number of rotatable bonds is 8. The van der Waals surface area contributed by atoms with Crippen LogP contribution in [0.1, 0.15) is 31.9 Å². The van der Waals surface area contributed by atoms with E-state index in [4.69, 9.17) is 0 Å². The van der Waals surface area contributed by atoms with Crippen molar-refractivity contribution in [2.45, 2.75) is 44.3 Å². The summed E-state index contributed by atoms with van der Waals surface area (Å²) in [6, 6.07) is 6.73. The number of hydrogen-bond donors (Lipinski definition) is 2. The molecule has 6 nitrogen and oxygen atoms in total. The highest BCUT2D eigenvalue weighted by molar-refractivity contribution is 7.92. The first-order valence-electron chi connectivity index (χ1n) is 10.0. The summed E-state index contributed by atoms with van der Waals surface area (Å²) in [6.07, 6.45) is 0. The van der Waals surface area contributed by atoms with Crippen LogP contribution in [-0.2, 0) is 23.1 Å². The summed E-state index contributed by atoms with van der Waals surface area (Å²) in [5.41, 5.74) is 1.99. The van der Waals surface area contributed by atoms with E-state index >= 15 is 0 Å². The molecule has 33 heavy (non-hydrogen) atoms. The molecule has 0 spiro atoms. The van der Waals surface area contributed by atoms with Gasteiger partial charge in [0, 0.05) is 29.6 Å². The molecule has 0 saturated heterocycles. The summed E-state index contributed by atoms with van der Waals surface area (Å²) in [7, 11) is -2.46. The van der Waals surface area contributed by atoms with Crippen molar-refractivity contribution < 1.29 is 21.6 Å². The van der Waals surface area contributed by atoms with E-state index in [0.717, 1.165) is 23.5 Å². The normalized spacial score (nSPS) is 12.2. The lowest BCUT2D eigenvalue weighted by Gasteiger charge is -2.32. The summed E-state index contributed by atoms with van der Waals surface area (Å²) < 4.78 is 70.8. The molecule has 178 valence electrons. The molecule has 11 heteroatoms. The predicted octanol–water partition coefficient (Wildman–Crippen LogP) is 5.20. The SMILES string of the molecule is CN(Cc1cccc(F)c1CNc1ccc(S(=O)(=O)Nc2cscn2)c(F)c1F)C(C)(C)C. The maximum absolute atomic E-state index is 14.7. The summed E-state index contributed by atoms with van der Waals surface area (Å²) >= 11 is 1.15. The van der Waals surface area contributed by atoms with Crippen LogP contribution in [0.5, 0.6) is 0 Å². The molecule has 0 atom stereocenters. The molecular formula is C22H25F3N4O2S2. The van der Waals surface area contributed by atoms with Gasteiger partial charge < -0.3 is 5.32 Å². The highest BCUT2D eigenvalue weighted by Gasteiger charge is 2.25. The molecule has 1 heterocycles. The van der Waals surface area contributed by atoms with Crippen LogP contribution in [0.25, 0.3) is 0 Å². The smallest absolute Gasteiger partial charge is 0.266 e. The van der Waals surface area contributed by atoms with Gasteiger partial charge in [-0.1, -0.05) is 12.1 Å². The Kier molecular flexibility index (Phi) is 7.35. The quantitative estimate of drug-likeness (QED) is 0.446. The van der Waals surface area contributed by atoms with E-state index in [2.05, 4.69) is 15.0 Å². The Bertz CT molecular complexity index is 1230. The number of thiazole rings is 1. The Morgan fingerprint density at radius 2 is 1.82 bits per heavy atom. The Labute approximate surface area is 195 Å². The highest BCUT2D eigenvalue weighted by atomic mass is 32.2. The van der Waals surface area contributed by atoms with Gasteiger partial charge in [-0.05, 0) is 51.6 Å². The van der Waals surface area contributed by atoms with Crippen molar-refractivity contribution in [3.8, 4) is 0 Å². The maximum Gasteiger partial charge on any atom is 0.266 e. The van der Waals surface area contributed by atoms with Crippen LogP contribution in [0.15, 0.2) is 46.1 Å². The van der Waals surface area contributed by atoms with Crippen molar-refractivity contribution >= 4 is 32.9 Å². The third-order valence-corrected chi connectivity index (χ3v) is 7.19. The minimum absolute atomic E-state index is 0.00863. The Morgan fingerprint density at radius 1 is 1.09 bits per heavy atom. The highest BCUT2D eigenvalue weighted by Crippen LogP contribution is 2.27. The van der Waals surface area contributed by atoms with Gasteiger partial charge in [-0.3, -0.25) is 9.62 Å². The van der Waals surface area contributed by atoms with Gasteiger partial charge in [-0.25, -0.2) is 26.6 Å². The Balaban J connectivity index is 1.83. The summed E-state index contributed by atoms with van der Waals surface area (Å²) in [4.78, 5) is 4.96. The van der Waals surface area contributed by atoms with Crippen LogP contribution in [0.2, 0.25) is 0 Å². The van der Waals surface area contributed by atoms with Crippen molar-refractivity contribution in [3.63, 3.8) is 0 Å². The topological polar surface area (TPSA) is 74.3 Å². The molecule has 0 fully saturated rings. The third-order valence-electron chi connectivity index (χ3n) is 5.23. The van der Waals surface area contributed by atoms with Gasteiger partial charge in [0.2, 0.25) is 0 Å². The lowest BCUT2D eigenvalue weighted by molar-refractivity contribution is 0.167. The van der Waals surface area contributed by atoms with Gasteiger partial charge in [0.05, 0.1) is 11.2 Å². The van der Waals surface area contributed by atoms with E-state index in [0.29, 0.717) is 17.7 Å². The standard InChI is InChI=1S/C22H25F3N4O2S2/c1-22(2,3)29(4)11-14-6-5-7-16(23)15(14)10-26-17-8-9-18(21(25)20(17)24)33(30,31)28-19-12-32-13-27-19/h5-9,12-13,26,28H,10-11H2,1-4H3. The second-order valence-corrected chi connectivity index (χ2v) is 10.8. The summed E-state index contributed by atoms with van der Waals surface area (Å²) in [6.45, 7) is 6.43. The van der Waals surface area contributed by atoms with Crippen molar-refractivity contribution in [2.24, 2.45) is 0 Å². The van der Waals surface area contributed by atoms with Crippen LogP contribution in [-0.4, -0.2) is 30.9 Å². The third kappa shape index (κ3) is 5.84. The Morgan fingerprint density at radius 3 is 2.45 bits per heavy atom. The van der Waals surface area contributed by atoms with Gasteiger partial charge in [0.25, 0.3) is 10.0 Å². The first kappa shape index (κ1) is 25.0. The molecule has 0 bridgehead atoms. The van der Waals surface area contributed by atoms with Crippen LogP contribution < -0.4 is 10.0 Å². The predicted molar refractivity (Wildman–Crippen MR) is 124 cm³/mol. The Hall–Kier alpha value is -2.63. The molecule has 3 rings (SSSR count). The first-order chi connectivity index (χ1) is 15.4. The molecule has 0 aliphatic carbocycles. The number of halogens is 3. The van der Waals surface area contributed by atoms with E-state index in [1.54, 1.807) is 12.1 Å². The van der Waals surface area contributed by atoms with E-state index in [1.165, 1.54) is 17.0 Å². The number of nitrogens with zero attached hydrogens (tertiary/aromatic N) is 2. The van der Waals surface area contributed by atoms with Crippen molar-refractivity contribution in [3.05, 3.63) is 69.8 Å². The molecule has 2 N–H and O–H groups in total. The molecule has 2 aromatic carbocycles. The van der Waals surface area contributed by atoms with E-state index in [1.807, 2.05) is 32.7 Å². The molecule has 0 aliphatic rings. The fourth-order valence-electron chi connectivity index (χ4n) is 2.96. The summed E-state index contributed by atoms with van der Waals surface area (Å²) in [5, 5.41) is 4.11. The number of anilines is 2. The minimum atomic E-state index is -4.38. The molecule has 0 amide bonds. The van der Waals surface area contributed by atoms with Crippen molar-refractivity contribution in [1.29, 1.82) is 0 Å². The van der Waals surface area contributed by atoms with Crippen molar-refractivity contribution in [2.75, 3.05) is 17.1 Å². The summed E-state index contributed by atoms with van der Waals surface area (Å²) in [5.74, 6) is -3.38. The van der Waals surface area contributed by atoms with Gasteiger partial charge in [0.1, 0.15) is 10.7 Å². The second kappa shape index (κ2) is 9.70. The fraction of sp³-hybridized carbons (Fsp3) is 0.318. The first-order valence-corrected chi connectivity index (χ1v) is 12.4. The van der Waals surface area contributed by atoms with Gasteiger partial charge in [-0.2, -0.15) is 0 Å². The zero-order chi connectivity index (χ0) is 24.4. The number of sulfonamides is 1. The largest absolute Gasteiger partial charge is 0.378 e. The average molecular weight is 499 g/mol. The fourth-order valence-corrected chi connectivity index (χ4v) is 4.59. The molecule has 0 radical (unpaired) electrons. The maximum atomic E-state index is 14.7. The van der Waals surface area contributed by atoms with Gasteiger partial charge >= 0.3 is 0 Å². The van der Waals surface area contributed by atoms with Crippen LogP contribution in [0, 0.1) is 17.5 Å². The molecule has 0 aliphatic heterocycles. The molecule has 1 aromatic heterocycles. The lowest BCUT2D eigenvalue weighted by atomic mass is 10.0. The van der Waals surface area contributed by atoms with E-state index in [9.17, 15) is 21.6 Å². The zero-order valence-corrected chi connectivity index (χ0v) is 20.2. The van der Waals surface area contributed by atoms with E-state index < -0.39 is 32.4 Å². The minimum Gasteiger partial charge on any atom is -0.378 e. The second-order valence-electron chi connectivity index (χ2n) is 8.48. The number of aromatic nitrogens is 1. The van der Waals surface area contributed by atoms with Crippen LogP contribution in [0.3, 0.4) is 0 Å². The number of hydrogen-bond acceptors (Lipinski definition) is 6. The molecular weight excluding hydrogens is 473 g/mol.